The molecular weight excluding hydrogens is 380 g/mol. The summed E-state index contributed by atoms with van der Waals surface area (Å²) in [5, 5.41) is 8.27. The standard InChI is InChI=1S/C27H28N4/c1-21-25(24-14-8-9-15-26(24)29-21)20-28-31-18-16-30(17-19-31)27(22-10-4-2-5-11-22)23-12-6-3-7-13-23/h2-15,20,27,29H,16-19H2,1H3. The highest BCUT2D eigenvalue weighted by Gasteiger charge is 2.25. The number of aromatic amines is 1. The number of piperazine rings is 1. The highest BCUT2D eigenvalue weighted by molar-refractivity contribution is 6.00. The first-order chi connectivity index (χ1) is 15.3. The molecule has 1 aliphatic heterocycles. The van der Waals surface area contributed by atoms with Crippen molar-refractivity contribution in [2.24, 2.45) is 5.10 Å². The average molecular weight is 409 g/mol. The lowest BCUT2D eigenvalue weighted by molar-refractivity contribution is 0.113. The van der Waals surface area contributed by atoms with Crippen molar-refractivity contribution in [3.63, 3.8) is 0 Å². The summed E-state index contributed by atoms with van der Waals surface area (Å²) in [6.07, 6.45) is 2.02. The summed E-state index contributed by atoms with van der Waals surface area (Å²) in [7, 11) is 0. The summed E-state index contributed by atoms with van der Waals surface area (Å²) < 4.78 is 0. The van der Waals surface area contributed by atoms with Crippen LogP contribution in [-0.2, 0) is 0 Å². The van der Waals surface area contributed by atoms with Crippen molar-refractivity contribution in [3.05, 3.63) is 107 Å². The Labute approximate surface area is 183 Å². The van der Waals surface area contributed by atoms with Crippen LogP contribution in [-0.4, -0.2) is 47.3 Å². The third kappa shape index (κ3) is 4.12. The van der Waals surface area contributed by atoms with Crippen molar-refractivity contribution >= 4 is 17.1 Å². The van der Waals surface area contributed by atoms with Crippen LogP contribution in [0.15, 0.2) is 90.0 Å². The minimum absolute atomic E-state index is 0.282. The molecule has 1 N–H and O–H groups in total. The number of nitrogens with one attached hydrogen (secondary N) is 1. The molecule has 0 radical (unpaired) electrons. The number of aryl methyl sites for hydroxylation is 1. The summed E-state index contributed by atoms with van der Waals surface area (Å²) in [6.45, 7) is 5.93. The molecule has 0 unspecified atom stereocenters. The van der Waals surface area contributed by atoms with Crippen molar-refractivity contribution in [3.8, 4) is 0 Å². The van der Waals surface area contributed by atoms with Gasteiger partial charge in [0.15, 0.2) is 0 Å². The molecular formula is C27H28N4. The average Bonchev–Trinajstić information content (AvgIpc) is 3.15. The minimum atomic E-state index is 0.282. The third-order valence-corrected chi connectivity index (χ3v) is 6.18. The van der Waals surface area contributed by atoms with Crippen LogP contribution in [0.5, 0.6) is 0 Å². The molecule has 0 atom stereocenters. The molecule has 4 heteroatoms. The SMILES string of the molecule is Cc1[nH]c2ccccc2c1C=NN1CCN(C(c2ccccc2)c2ccccc2)CC1. The van der Waals surface area contributed by atoms with E-state index < -0.39 is 0 Å². The molecule has 156 valence electrons. The van der Waals surface area contributed by atoms with E-state index in [4.69, 9.17) is 5.10 Å². The van der Waals surface area contributed by atoms with Crippen molar-refractivity contribution in [2.45, 2.75) is 13.0 Å². The van der Waals surface area contributed by atoms with E-state index in [1.54, 1.807) is 0 Å². The van der Waals surface area contributed by atoms with Gasteiger partial charge < -0.3 is 4.98 Å². The van der Waals surface area contributed by atoms with E-state index in [-0.39, 0.29) is 6.04 Å². The lowest BCUT2D eigenvalue weighted by Gasteiger charge is -2.38. The normalized spacial score (nSPS) is 15.4. The molecule has 1 saturated heterocycles. The van der Waals surface area contributed by atoms with Crippen LogP contribution < -0.4 is 0 Å². The second kappa shape index (κ2) is 8.78. The highest BCUT2D eigenvalue weighted by atomic mass is 15.5. The van der Waals surface area contributed by atoms with Gasteiger partial charge in [0, 0.05) is 48.3 Å². The molecule has 0 bridgehead atoms. The Morgan fingerprint density at radius 1 is 0.774 bits per heavy atom. The van der Waals surface area contributed by atoms with E-state index in [1.165, 1.54) is 27.6 Å². The largest absolute Gasteiger partial charge is 0.358 e. The molecule has 1 aromatic heterocycles. The second-order valence-electron chi connectivity index (χ2n) is 8.17. The van der Waals surface area contributed by atoms with Crippen LogP contribution in [0.4, 0.5) is 0 Å². The number of fused-ring (bicyclic) bond motifs is 1. The van der Waals surface area contributed by atoms with Gasteiger partial charge in [0.05, 0.1) is 12.3 Å². The number of hydrogen-bond donors (Lipinski definition) is 1. The van der Waals surface area contributed by atoms with Crippen LogP contribution >= 0.6 is 0 Å². The van der Waals surface area contributed by atoms with E-state index >= 15 is 0 Å². The summed E-state index contributed by atoms with van der Waals surface area (Å²) in [5.74, 6) is 0. The van der Waals surface area contributed by atoms with Gasteiger partial charge in [-0.15, -0.1) is 0 Å². The Morgan fingerprint density at radius 3 is 2.00 bits per heavy atom. The number of rotatable bonds is 5. The molecule has 1 aliphatic rings. The van der Waals surface area contributed by atoms with Gasteiger partial charge in [-0.2, -0.15) is 5.10 Å². The molecule has 0 amide bonds. The first-order valence-electron chi connectivity index (χ1n) is 11.0. The molecule has 0 spiro atoms. The summed E-state index contributed by atoms with van der Waals surface area (Å²) in [5.41, 5.74) is 6.21. The van der Waals surface area contributed by atoms with Gasteiger partial charge in [0.25, 0.3) is 0 Å². The maximum absolute atomic E-state index is 4.84. The van der Waals surface area contributed by atoms with E-state index in [9.17, 15) is 0 Å². The maximum atomic E-state index is 4.84. The first-order valence-corrected chi connectivity index (χ1v) is 11.0. The highest BCUT2D eigenvalue weighted by Crippen LogP contribution is 2.29. The van der Waals surface area contributed by atoms with Crippen LogP contribution in [0.2, 0.25) is 0 Å². The number of hydrazone groups is 1. The van der Waals surface area contributed by atoms with Crippen molar-refractivity contribution in [1.29, 1.82) is 0 Å². The van der Waals surface area contributed by atoms with Crippen molar-refractivity contribution < 1.29 is 0 Å². The number of para-hydroxylation sites is 1. The Bertz CT molecular complexity index is 1120. The minimum Gasteiger partial charge on any atom is -0.358 e. The molecule has 0 aliphatic carbocycles. The zero-order chi connectivity index (χ0) is 21.0. The van der Waals surface area contributed by atoms with Gasteiger partial charge >= 0.3 is 0 Å². The van der Waals surface area contributed by atoms with E-state index in [0.29, 0.717) is 0 Å². The molecule has 3 aromatic carbocycles. The van der Waals surface area contributed by atoms with Gasteiger partial charge in [-0.3, -0.25) is 9.91 Å². The van der Waals surface area contributed by atoms with Gasteiger partial charge in [-0.25, -0.2) is 0 Å². The fourth-order valence-corrected chi connectivity index (χ4v) is 4.57. The van der Waals surface area contributed by atoms with Crippen LogP contribution in [0, 0.1) is 6.92 Å². The van der Waals surface area contributed by atoms with Gasteiger partial charge in [-0.1, -0.05) is 78.9 Å². The lowest BCUT2D eigenvalue weighted by atomic mass is 9.96. The quantitative estimate of drug-likeness (QED) is 0.460. The fourth-order valence-electron chi connectivity index (χ4n) is 4.57. The molecule has 1 fully saturated rings. The Kier molecular flexibility index (Phi) is 5.55. The number of benzene rings is 3. The summed E-state index contributed by atoms with van der Waals surface area (Å²) in [4.78, 5) is 6.03. The second-order valence-corrected chi connectivity index (χ2v) is 8.17. The van der Waals surface area contributed by atoms with Crippen molar-refractivity contribution in [2.75, 3.05) is 26.2 Å². The Hall–Kier alpha value is -3.37. The lowest BCUT2D eigenvalue weighted by Crippen LogP contribution is -2.45. The monoisotopic (exact) mass is 408 g/mol. The molecule has 31 heavy (non-hydrogen) atoms. The predicted molar refractivity (Wildman–Crippen MR) is 129 cm³/mol. The number of hydrogen-bond acceptors (Lipinski definition) is 3. The van der Waals surface area contributed by atoms with Gasteiger partial charge in [-0.05, 0) is 24.1 Å². The predicted octanol–water partition coefficient (Wildman–Crippen LogP) is 5.22. The van der Waals surface area contributed by atoms with Crippen molar-refractivity contribution in [1.82, 2.24) is 14.9 Å². The summed E-state index contributed by atoms with van der Waals surface area (Å²) in [6, 6.07) is 30.4. The first kappa shape index (κ1) is 19.6. The Morgan fingerprint density at radius 2 is 1.35 bits per heavy atom. The van der Waals surface area contributed by atoms with E-state index in [0.717, 1.165) is 31.9 Å². The zero-order valence-corrected chi connectivity index (χ0v) is 17.9. The molecule has 0 saturated carbocycles. The number of aromatic nitrogens is 1. The molecule has 4 aromatic rings. The molecule has 2 heterocycles. The van der Waals surface area contributed by atoms with Gasteiger partial charge in [0.2, 0.25) is 0 Å². The smallest absolute Gasteiger partial charge is 0.0603 e. The van der Waals surface area contributed by atoms with Crippen LogP contribution in [0.3, 0.4) is 0 Å². The topological polar surface area (TPSA) is 34.6 Å². The van der Waals surface area contributed by atoms with Crippen LogP contribution in [0.1, 0.15) is 28.4 Å². The number of H-pyrrole nitrogens is 1. The third-order valence-electron chi connectivity index (χ3n) is 6.18. The van der Waals surface area contributed by atoms with E-state index in [2.05, 4.69) is 107 Å². The molecule has 4 nitrogen and oxygen atoms in total. The maximum Gasteiger partial charge on any atom is 0.0603 e. The van der Waals surface area contributed by atoms with Gasteiger partial charge in [0.1, 0.15) is 0 Å². The fraction of sp³-hybridized carbons (Fsp3) is 0.222. The molecule has 5 rings (SSSR count). The van der Waals surface area contributed by atoms with Crippen LogP contribution in [0.25, 0.3) is 10.9 Å². The number of nitrogens with zero attached hydrogens (tertiary/aromatic N) is 3. The zero-order valence-electron chi connectivity index (χ0n) is 17.9. The summed E-state index contributed by atoms with van der Waals surface area (Å²) >= 11 is 0. The Balaban J connectivity index is 1.32. The van der Waals surface area contributed by atoms with E-state index in [1.807, 2.05) is 6.21 Å².